The van der Waals surface area contributed by atoms with E-state index in [0.717, 1.165) is 18.5 Å². The molecule has 1 aromatic carbocycles. The van der Waals surface area contributed by atoms with Crippen molar-refractivity contribution in [3.05, 3.63) is 41.1 Å². The molecule has 0 aliphatic heterocycles. The van der Waals surface area contributed by atoms with E-state index in [1.54, 1.807) is 19.1 Å². The van der Waals surface area contributed by atoms with Crippen LogP contribution in [0.3, 0.4) is 0 Å². The minimum absolute atomic E-state index is 0.0153. The number of carbonyl (C=O) groups is 1. The van der Waals surface area contributed by atoms with Gasteiger partial charge in [0.05, 0.1) is 17.6 Å². The Morgan fingerprint density at radius 3 is 2.72 bits per heavy atom. The number of aromatic amines is 1. The van der Waals surface area contributed by atoms with E-state index in [0.29, 0.717) is 5.56 Å². The van der Waals surface area contributed by atoms with Gasteiger partial charge in [-0.1, -0.05) is 26.3 Å². The van der Waals surface area contributed by atoms with Gasteiger partial charge in [0, 0.05) is 11.8 Å². The molecular weight excluding hydrogens is 342 g/mol. The topological polar surface area (TPSA) is 101 Å². The molecule has 0 spiro atoms. The first-order chi connectivity index (χ1) is 11.8. The lowest BCUT2D eigenvalue weighted by atomic mass is 10.0. The zero-order chi connectivity index (χ0) is 18.6. The SMILES string of the molecule is CCCC(C)c1cc(NS(=O)(=O)c2cc(C(=O)OC)ccc2C)n[nH]1. The fraction of sp³-hybridized carbons (Fsp3) is 0.412. The van der Waals surface area contributed by atoms with Gasteiger partial charge in [-0.2, -0.15) is 5.10 Å². The molecule has 0 saturated carbocycles. The third-order valence-corrected chi connectivity index (χ3v) is 5.48. The van der Waals surface area contributed by atoms with Crippen LogP contribution in [0.5, 0.6) is 0 Å². The van der Waals surface area contributed by atoms with E-state index in [4.69, 9.17) is 0 Å². The second-order valence-electron chi connectivity index (χ2n) is 5.98. The molecule has 2 rings (SSSR count). The van der Waals surface area contributed by atoms with E-state index in [-0.39, 0.29) is 22.2 Å². The van der Waals surface area contributed by atoms with Crippen LogP contribution in [0.4, 0.5) is 5.82 Å². The van der Waals surface area contributed by atoms with Gasteiger partial charge in [-0.15, -0.1) is 0 Å². The molecule has 8 heteroatoms. The molecule has 25 heavy (non-hydrogen) atoms. The summed E-state index contributed by atoms with van der Waals surface area (Å²) in [4.78, 5) is 11.7. The predicted molar refractivity (Wildman–Crippen MR) is 95.2 cm³/mol. The number of methoxy groups -OCH3 is 1. The Morgan fingerprint density at radius 2 is 2.08 bits per heavy atom. The number of aryl methyl sites for hydroxylation is 1. The van der Waals surface area contributed by atoms with Gasteiger partial charge in [0.2, 0.25) is 0 Å². The number of ether oxygens (including phenoxy) is 1. The number of sulfonamides is 1. The summed E-state index contributed by atoms with van der Waals surface area (Å²) in [5.41, 5.74) is 1.57. The molecule has 0 bridgehead atoms. The first-order valence-electron chi connectivity index (χ1n) is 8.05. The zero-order valence-electron chi connectivity index (χ0n) is 14.8. The summed E-state index contributed by atoms with van der Waals surface area (Å²) < 4.78 is 32.4. The monoisotopic (exact) mass is 365 g/mol. The number of aromatic nitrogens is 2. The van der Waals surface area contributed by atoms with E-state index in [1.807, 2.05) is 0 Å². The minimum atomic E-state index is -3.87. The van der Waals surface area contributed by atoms with Crippen LogP contribution in [-0.4, -0.2) is 31.7 Å². The highest BCUT2D eigenvalue weighted by Crippen LogP contribution is 2.24. The molecule has 136 valence electrons. The van der Waals surface area contributed by atoms with Gasteiger partial charge >= 0.3 is 5.97 Å². The molecule has 1 atom stereocenters. The summed E-state index contributed by atoms with van der Waals surface area (Å²) in [6, 6.07) is 6.09. The van der Waals surface area contributed by atoms with Gasteiger partial charge in [-0.05, 0) is 37.0 Å². The molecule has 1 aromatic heterocycles. The largest absolute Gasteiger partial charge is 0.465 e. The molecule has 1 heterocycles. The zero-order valence-corrected chi connectivity index (χ0v) is 15.6. The normalized spacial score (nSPS) is 12.6. The molecule has 7 nitrogen and oxygen atoms in total. The second-order valence-corrected chi connectivity index (χ2v) is 7.63. The van der Waals surface area contributed by atoms with Crippen molar-refractivity contribution in [2.24, 2.45) is 0 Å². The summed E-state index contributed by atoms with van der Waals surface area (Å²) in [6.07, 6.45) is 2.01. The number of nitrogens with one attached hydrogen (secondary N) is 2. The molecule has 1 unspecified atom stereocenters. The average molecular weight is 365 g/mol. The molecule has 0 fully saturated rings. The average Bonchev–Trinajstić information content (AvgIpc) is 3.02. The van der Waals surface area contributed by atoms with Crippen molar-refractivity contribution < 1.29 is 17.9 Å². The van der Waals surface area contributed by atoms with E-state index < -0.39 is 16.0 Å². The van der Waals surface area contributed by atoms with Crippen molar-refractivity contribution in [3.63, 3.8) is 0 Å². The number of carbonyl (C=O) groups excluding carboxylic acids is 1. The molecule has 0 amide bonds. The third-order valence-electron chi connectivity index (χ3n) is 3.99. The first kappa shape index (κ1) is 19.0. The molecule has 0 radical (unpaired) electrons. The highest BCUT2D eigenvalue weighted by atomic mass is 32.2. The van der Waals surface area contributed by atoms with Crippen molar-refractivity contribution in [1.82, 2.24) is 10.2 Å². The van der Waals surface area contributed by atoms with Gasteiger partial charge < -0.3 is 4.74 Å². The van der Waals surface area contributed by atoms with Crippen LogP contribution in [0.2, 0.25) is 0 Å². The molecule has 2 N–H and O–H groups in total. The van der Waals surface area contributed by atoms with E-state index in [2.05, 4.69) is 33.5 Å². The number of benzene rings is 1. The van der Waals surface area contributed by atoms with Crippen molar-refractivity contribution in [1.29, 1.82) is 0 Å². The summed E-state index contributed by atoms with van der Waals surface area (Å²) in [6.45, 7) is 5.81. The maximum atomic E-state index is 12.7. The van der Waals surface area contributed by atoms with Crippen LogP contribution in [-0.2, 0) is 14.8 Å². The maximum Gasteiger partial charge on any atom is 0.337 e. The van der Waals surface area contributed by atoms with Gasteiger partial charge in [0.1, 0.15) is 0 Å². The Balaban J connectivity index is 2.29. The standard InChI is InChI=1S/C17H23N3O4S/c1-5-6-11(2)14-10-16(19-18-14)20-25(22,23)15-9-13(17(21)24-4)8-7-12(15)3/h7-11H,5-6H2,1-4H3,(H2,18,19,20). The quantitative estimate of drug-likeness (QED) is 0.734. The molecule has 0 saturated heterocycles. The van der Waals surface area contributed by atoms with Crippen LogP contribution in [0.1, 0.15) is 54.2 Å². The van der Waals surface area contributed by atoms with Crippen LogP contribution >= 0.6 is 0 Å². The number of hydrogen-bond acceptors (Lipinski definition) is 5. The Bertz CT molecular complexity index is 859. The van der Waals surface area contributed by atoms with Crippen molar-refractivity contribution >= 4 is 21.8 Å². The lowest BCUT2D eigenvalue weighted by molar-refractivity contribution is 0.0600. The molecular formula is C17H23N3O4S. The fourth-order valence-electron chi connectivity index (χ4n) is 2.56. The van der Waals surface area contributed by atoms with Gasteiger partial charge in [-0.3, -0.25) is 9.82 Å². The number of hydrogen-bond donors (Lipinski definition) is 2. The number of esters is 1. The number of rotatable bonds is 7. The Labute approximate surface area is 147 Å². The predicted octanol–water partition coefficient (Wildman–Crippen LogP) is 3.21. The summed E-state index contributed by atoms with van der Waals surface area (Å²) >= 11 is 0. The van der Waals surface area contributed by atoms with Gasteiger partial charge in [-0.25, -0.2) is 13.2 Å². The summed E-state index contributed by atoms with van der Waals surface area (Å²) in [7, 11) is -2.63. The van der Waals surface area contributed by atoms with Gasteiger partial charge in [0.25, 0.3) is 10.0 Å². The minimum Gasteiger partial charge on any atom is -0.465 e. The van der Waals surface area contributed by atoms with Crippen LogP contribution < -0.4 is 4.72 Å². The Morgan fingerprint density at radius 1 is 1.36 bits per heavy atom. The highest BCUT2D eigenvalue weighted by molar-refractivity contribution is 7.92. The summed E-state index contributed by atoms with van der Waals surface area (Å²) in [5.74, 6) is -0.104. The third kappa shape index (κ3) is 4.39. The van der Waals surface area contributed by atoms with E-state index in [9.17, 15) is 13.2 Å². The van der Waals surface area contributed by atoms with E-state index in [1.165, 1.54) is 19.2 Å². The number of H-pyrrole nitrogens is 1. The van der Waals surface area contributed by atoms with Crippen molar-refractivity contribution in [2.45, 2.75) is 44.4 Å². The molecule has 0 aliphatic rings. The van der Waals surface area contributed by atoms with E-state index >= 15 is 0 Å². The first-order valence-corrected chi connectivity index (χ1v) is 9.54. The lowest BCUT2D eigenvalue weighted by Gasteiger charge is -2.10. The molecule has 2 aromatic rings. The number of anilines is 1. The van der Waals surface area contributed by atoms with Crippen LogP contribution in [0.25, 0.3) is 0 Å². The number of nitrogens with zero attached hydrogens (tertiary/aromatic N) is 1. The second kappa shape index (κ2) is 7.69. The summed E-state index contributed by atoms with van der Waals surface area (Å²) in [5, 5.41) is 6.89. The van der Waals surface area contributed by atoms with Gasteiger partial charge in [0.15, 0.2) is 5.82 Å². The highest BCUT2D eigenvalue weighted by Gasteiger charge is 2.21. The van der Waals surface area contributed by atoms with Crippen molar-refractivity contribution in [2.75, 3.05) is 11.8 Å². The maximum absolute atomic E-state index is 12.7. The lowest BCUT2D eigenvalue weighted by Crippen LogP contribution is -2.15. The Hall–Kier alpha value is -2.35. The van der Waals surface area contributed by atoms with Crippen LogP contribution in [0, 0.1) is 6.92 Å². The smallest absolute Gasteiger partial charge is 0.337 e. The molecule has 0 aliphatic carbocycles. The fourth-order valence-corrected chi connectivity index (χ4v) is 3.82. The Kier molecular flexibility index (Phi) is 5.84. The van der Waals surface area contributed by atoms with Crippen LogP contribution in [0.15, 0.2) is 29.2 Å². The van der Waals surface area contributed by atoms with Crippen molar-refractivity contribution in [3.8, 4) is 0 Å².